The van der Waals surface area contributed by atoms with Crippen LogP contribution in [0, 0.1) is 0 Å². The Bertz CT molecular complexity index is 690. The molecule has 0 amide bonds. The summed E-state index contributed by atoms with van der Waals surface area (Å²) in [6, 6.07) is 8.27. The zero-order valence-corrected chi connectivity index (χ0v) is 15.3. The van der Waals surface area contributed by atoms with E-state index in [1.54, 1.807) is 7.11 Å². The third-order valence-corrected chi connectivity index (χ3v) is 5.18. The van der Waals surface area contributed by atoms with Gasteiger partial charge in [0, 0.05) is 38.5 Å². The van der Waals surface area contributed by atoms with Gasteiger partial charge in [-0.2, -0.15) is 0 Å². The summed E-state index contributed by atoms with van der Waals surface area (Å²) in [6.07, 6.45) is 2.49. The van der Waals surface area contributed by atoms with Gasteiger partial charge in [0.25, 0.3) is 0 Å². The fourth-order valence-electron chi connectivity index (χ4n) is 3.62. The van der Waals surface area contributed by atoms with Crippen LogP contribution in [0.2, 0.25) is 0 Å². The van der Waals surface area contributed by atoms with Gasteiger partial charge in [-0.05, 0) is 47.5 Å². The summed E-state index contributed by atoms with van der Waals surface area (Å²) in [5.41, 5.74) is 1.24. The van der Waals surface area contributed by atoms with Crippen LogP contribution in [-0.4, -0.2) is 71.1 Å². The smallest absolute Gasteiger partial charge is 0.165 e. The Morgan fingerprint density at radius 2 is 1.96 bits per heavy atom. The molecule has 0 radical (unpaired) electrons. The molecular formula is C18H26N6O2. The molecule has 2 aliphatic heterocycles. The molecule has 1 aromatic carbocycles. The van der Waals surface area contributed by atoms with Crippen molar-refractivity contribution in [3.8, 4) is 5.75 Å². The topological polar surface area (TPSA) is 68.5 Å². The summed E-state index contributed by atoms with van der Waals surface area (Å²) in [7, 11) is 1.69. The van der Waals surface area contributed by atoms with Crippen molar-refractivity contribution in [2.45, 2.75) is 32.0 Å². The molecule has 140 valence electrons. The first-order valence-electron chi connectivity index (χ1n) is 9.30. The molecule has 1 atom stereocenters. The number of tetrazole rings is 1. The van der Waals surface area contributed by atoms with Gasteiger partial charge in [-0.3, -0.25) is 4.90 Å². The zero-order chi connectivity index (χ0) is 17.8. The van der Waals surface area contributed by atoms with Gasteiger partial charge in [0.1, 0.15) is 5.75 Å². The van der Waals surface area contributed by atoms with Gasteiger partial charge in [-0.25, -0.2) is 4.68 Å². The molecule has 8 heteroatoms. The second-order valence-electron chi connectivity index (χ2n) is 6.87. The number of benzene rings is 1. The number of anilines is 1. The molecule has 3 heterocycles. The Morgan fingerprint density at radius 1 is 1.15 bits per heavy atom. The Morgan fingerprint density at radius 3 is 2.65 bits per heavy atom. The third kappa shape index (κ3) is 3.96. The lowest BCUT2D eigenvalue weighted by molar-refractivity contribution is 0.0916. The van der Waals surface area contributed by atoms with Crippen molar-refractivity contribution in [2.75, 3.05) is 44.8 Å². The summed E-state index contributed by atoms with van der Waals surface area (Å²) in [6.45, 7) is 6.40. The highest BCUT2D eigenvalue weighted by atomic mass is 16.5. The van der Waals surface area contributed by atoms with E-state index < -0.39 is 0 Å². The van der Waals surface area contributed by atoms with Crippen molar-refractivity contribution in [2.24, 2.45) is 0 Å². The second-order valence-corrected chi connectivity index (χ2v) is 6.87. The minimum Gasteiger partial charge on any atom is -0.497 e. The molecule has 26 heavy (non-hydrogen) atoms. The summed E-state index contributed by atoms with van der Waals surface area (Å²) in [5.74, 6) is 1.82. The van der Waals surface area contributed by atoms with E-state index >= 15 is 0 Å². The number of ether oxygens (including phenoxy) is 2. The second kappa shape index (κ2) is 8.01. The van der Waals surface area contributed by atoms with Crippen LogP contribution in [0.4, 0.5) is 5.69 Å². The minimum absolute atomic E-state index is 0.254. The Balaban J connectivity index is 1.30. The molecule has 0 aliphatic carbocycles. The quantitative estimate of drug-likeness (QED) is 0.768. The van der Waals surface area contributed by atoms with Gasteiger partial charge < -0.3 is 14.4 Å². The highest BCUT2D eigenvalue weighted by Gasteiger charge is 2.22. The first kappa shape index (κ1) is 17.2. The first-order chi connectivity index (χ1) is 12.8. The summed E-state index contributed by atoms with van der Waals surface area (Å²) >= 11 is 0. The molecule has 2 saturated heterocycles. The number of methoxy groups -OCH3 is 1. The highest BCUT2D eigenvalue weighted by molar-refractivity contribution is 5.49. The number of nitrogens with zero attached hydrogens (tertiary/aromatic N) is 6. The van der Waals surface area contributed by atoms with Crippen LogP contribution in [0.15, 0.2) is 24.3 Å². The maximum atomic E-state index is 5.71. The molecule has 2 fully saturated rings. The maximum Gasteiger partial charge on any atom is 0.165 e. The van der Waals surface area contributed by atoms with Crippen LogP contribution in [0.25, 0.3) is 0 Å². The summed E-state index contributed by atoms with van der Waals surface area (Å²) < 4.78 is 12.8. The van der Waals surface area contributed by atoms with Crippen LogP contribution in [-0.2, 0) is 17.8 Å². The number of hydrogen-bond donors (Lipinski definition) is 0. The van der Waals surface area contributed by atoms with Crippen molar-refractivity contribution in [1.29, 1.82) is 0 Å². The Kier molecular flexibility index (Phi) is 5.31. The number of piperazine rings is 1. The van der Waals surface area contributed by atoms with Crippen molar-refractivity contribution >= 4 is 5.69 Å². The Hall–Kier alpha value is -2.19. The lowest BCUT2D eigenvalue weighted by atomic mass is 10.2. The molecule has 2 aliphatic rings. The average molecular weight is 358 g/mol. The molecule has 0 bridgehead atoms. The van der Waals surface area contributed by atoms with E-state index in [0.29, 0.717) is 0 Å². The molecule has 0 N–H and O–H groups in total. The molecule has 2 aromatic rings. The van der Waals surface area contributed by atoms with Crippen LogP contribution in [0.5, 0.6) is 5.75 Å². The fourth-order valence-corrected chi connectivity index (χ4v) is 3.62. The van der Waals surface area contributed by atoms with Crippen LogP contribution in [0.3, 0.4) is 0 Å². The van der Waals surface area contributed by atoms with E-state index in [1.807, 2.05) is 16.8 Å². The highest BCUT2D eigenvalue weighted by Crippen LogP contribution is 2.21. The van der Waals surface area contributed by atoms with Crippen molar-refractivity contribution in [1.82, 2.24) is 25.1 Å². The normalized spacial score (nSPS) is 21.3. The lowest BCUT2D eigenvalue weighted by Gasteiger charge is -2.35. The zero-order valence-electron chi connectivity index (χ0n) is 15.3. The van der Waals surface area contributed by atoms with Crippen LogP contribution >= 0.6 is 0 Å². The standard InChI is InChI=1S/C18H26N6O2/c1-25-16-6-4-15(5-7-16)23-10-8-22(9-11-23)14-18-19-20-21-24(18)13-17-3-2-12-26-17/h4-7,17H,2-3,8-14H2,1H3/t17-/m1/s1. The molecular weight excluding hydrogens is 332 g/mol. The Labute approximate surface area is 153 Å². The first-order valence-corrected chi connectivity index (χ1v) is 9.30. The van der Waals surface area contributed by atoms with Gasteiger partial charge in [-0.15, -0.1) is 5.10 Å². The monoisotopic (exact) mass is 358 g/mol. The van der Waals surface area contributed by atoms with E-state index in [1.165, 1.54) is 5.69 Å². The molecule has 0 unspecified atom stereocenters. The van der Waals surface area contributed by atoms with Crippen molar-refractivity contribution < 1.29 is 9.47 Å². The van der Waals surface area contributed by atoms with Crippen molar-refractivity contribution in [3.05, 3.63) is 30.1 Å². The molecule has 0 saturated carbocycles. The molecule has 1 aromatic heterocycles. The predicted molar refractivity (Wildman–Crippen MR) is 97.3 cm³/mol. The van der Waals surface area contributed by atoms with Gasteiger partial charge in [0.05, 0.1) is 26.3 Å². The summed E-state index contributed by atoms with van der Waals surface area (Å²) in [5, 5.41) is 12.2. The number of rotatable bonds is 6. The number of aromatic nitrogens is 4. The van der Waals surface area contributed by atoms with Crippen LogP contribution < -0.4 is 9.64 Å². The fraction of sp³-hybridized carbons (Fsp3) is 0.611. The van der Waals surface area contributed by atoms with E-state index in [4.69, 9.17) is 9.47 Å². The largest absolute Gasteiger partial charge is 0.497 e. The number of hydrogen-bond acceptors (Lipinski definition) is 7. The van der Waals surface area contributed by atoms with E-state index in [9.17, 15) is 0 Å². The van der Waals surface area contributed by atoms with Crippen molar-refractivity contribution in [3.63, 3.8) is 0 Å². The van der Waals surface area contributed by atoms with E-state index in [2.05, 4.69) is 37.5 Å². The third-order valence-electron chi connectivity index (χ3n) is 5.18. The molecule has 8 nitrogen and oxygen atoms in total. The van der Waals surface area contributed by atoms with E-state index in [-0.39, 0.29) is 6.10 Å². The maximum absolute atomic E-state index is 5.71. The summed E-state index contributed by atoms with van der Waals surface area (Å²) in [4.78, 5) is 4.82. The van der Waals surface area contributed by atoms with E-state index in [0.717, 1.165) is 70.3 Å². The van der Waals surface area contributed by atoms with Gasteiger partial charge in [-0.1, -0.05) is 0 Å². The predicted octanol–water partition coefficient (Wildman–Crippen LogP) is 1.18. The molecule has 4 rings (SSSR count). The molecule has 0 spiro atoms. The SMILES string of the molecule is COc1ccc(N2CCN(Cc3nnnn3C[C@H]3CCCO3)CC2)cc1. The minimum atomic E-state index is 0.254. The van der Waals surface area contributed by atoms with Gasteiger partial charge in [0.15, 0.2) is 5.82 Å². The lowest BCUT2D eigenvalue weighted by Crippen LogP contribution is -2.46. The van der Waals surface area contributed by atoms with Gasteiger partial charge in [0.2, 0.25) is 0 Å². The van der Waals surface area contributed by atoms with Gasteiger partial charge >= 0.3 is 0 Å². The average Bonchev–Trinajstić information content (AvgIpc) is 3.35. The van der Waals surface area contributed by atoms with Crippen LogP contribution in [0.1, 0.15) is 18.7 Å².